The second-order valence-electron chi connectivity index (χ2n) is 11.9. The zero-order valence-electron chi connectivity index (χ0n) is 30.0. The van der Waals surface area contributed by atoms with Crippen molar-refractivity contribution in [1.29, 1.82) is 0 Å². The first-order chi connectivity index (χ1) is 26.3. The molecule has 7 rings (SSSR count). The summed E-state index contributed by atoms with van der Waals surface area (Å²) in [7, 11) is -10.7. The number of phenols is 2. The van der Waals surface area contributed by atoms with E-state index in [-0.39, 0.29) is 81.3 Å². The van der Waals surface area contributed by atoms with Gasteiger partial charge in [0.2, 0.25) is 0 Å². The van der Waals surface area contributed by atoms with Gasteiger partial charge in [-0.1, -0.05) is 60.7 Å². The number of azo groups is 3. The quantitative estimate of drug-likeness (QED) is 0.0829. The molecule has 0 amide bonds. The van der Waals surface area contributed by atoms with Crippen LogP contribution >= 0.6 is 0 Å². The summed E-state index contributed by atoms with van der Waals surface area (Å²) < 4.78 is 74.3. The van der Waals surface area contributed by atoms with Crippen molar-refractivity contribution in [3.8, 4) is 22.6 Å². The molecule has 274 valence electrons. The molecule has 0 unspecified atom stereocenters. The predicted octanol–water partition coefficient (Wildman–Crippen LogP) is 3.72. The third-order valence-electron chi connectivity index (χ3n) is 8.34. The van der Waals surface area contributed by atoms with Crippen LogP contribution in [0.25, 0.3) is 32.7 Å². The first-order valence-electron chi connectivity index (χ1n) is 16.0. The molecule has 0 heterocycles. The van der Waals surface area contributed by atoms with Gasteiger partial charge in [0.25, 0.3) is 0 Å². The van der Waals surface area contributed by atoms with Gasteiger partial charge in [-0.05, 0) is 88.6 Å². The standard InChI is InChI=1S/C38H27N7O8S2.2Na/c39-35-34-25(21-33(55(51,52)53)37(38(34)47)45-43-31-7-3-5-24-4-1-2-6-30(24)31)20-32(54(48,49)50)36(35)44-42-27-14-10-23(11-15-27)22-8-12-26(13-9-22)40-41-28-16-18-29(46)19-17-28;;/h1-21,46-47H,39H2,(H,48,49,50)(H,51,52,53);;/q;2*+1/p-2. The summed E-state index contributed by atoms with van der Waals surface area (Å²) in [5, 5.41) is 45.9. The molecule has 0 saturated carbocycles. The van der Waals surface area contributed by atoms with E-state index in [0.717, 1.165) is 28.6 Å². The summed E-state index contributed by atoms with van der Waals surface area (Å²) in [6.07, 6.45) is 0. The Bertz CT molecular complexity index is 2940. The van der Waals surface area contributed by atoms with Gasteiger partial charge in [0.15, 0.2) is 5.75 Å². The Kier molecular flexibility index (Phi) is 13.4. The van der Waals surface area contributed by atoms with Crippen LogP contribution in [0, 0.1) is 0 Å². The Morgan fingerprint density at radius 3 is 1.51 bits per heavy atom. The number of aromatic hydroxyl groups is 2. The number of anilines is 1. The van der Waals surface area contributed by atoms with Crippen LogP contribution in [0.1, 0.15) is 0 Å². The molecule has 19 heteroatoms. The Balaban J connectivity index is 0.00000310. The molecule has 4 N–H and O–H groups in total. The van der Waals surface area contributed by atoms with Crippen LogP contribution in [0.3, 0.4) is 0 Å². The van der Waals surface area contributed by atoms with Crippen molar-refractivity contribution in [3.05, 3.63) is 127 Å². The summed E-state index contributed by atoms with van der Waals surface area (Å²) in [4.78, 5) is -2.00. The SMILES string of the molecule is Nc1c(N=Nc2ccc(-c3ccc(N=Nc4ccc(O)cc4)cc3)cc2)c(S(=O)(=O)[O-])cc2cc(S(=O)(=O)[O-])c(N=Nc3cccc4ccccc34)c(O)c12.[Na+].[Na+]. The minimum absolute atomic E-state index is 0. The van der Waals surface area contributed by atoms with E-state index in [2.05, 4.69) is 30.7 Å². The number of hydrogen-bond acceptors (Lipinski definition) is 15. The third kappa shape index (κ3) is 9.62. The second-order valence-corrected chi connectivity index (χ2v) is 14.6. The van der Waals surface area contributed by atoms with Gasteiger partial charge in [-0.25, -0.2) is 16.8 Å². The van der Waals surface area contributed by atoms with Crippen LogP contribution in [-0.4, -0.2) is 36.2 Å². The van der Waals surface area contributed by atoms with E-state index in [0.29, 0.717) is 22.4 Å². The summed E-state index contributed by atoms with van der Waals surface area (Å²) in [6.45, 7) is 0. The Labute approximate surface area is 369 Å². The van der Waals surface area contributed by atoms with Crippen LogP contribution in [0.5, 0.6) is 11.5 Å². The van der Waals surface area contributed by atoms with E-state index in [4.69, 9.17) is 5.73 Å². The van der Waals surface area contributed by atoms with E-state index >= 15 is 0 Å². The number of fused-ring (bicyclic) bond motifs is 2. The molecule has 57 heavy (non-hydrogen) atoms. The van der Waals surface area contributed by atoms with E-state index in [9.17, 15) is 36.2 Å². The predicted molar refractivity (Wildman–Crippen MR) is 202 cm³/mol. The first-order valence-corrected chi connectivity index (χ1v) is 18.8. The first kappa shape index (κ1) is 43.2. The minimum atomic E-state index is -5.34. The van der Waals surface area contributed by atoms with E-state index in [1.165, 1.54) is 12.1 Å². The number of rotatable bonds is 9. The number of nitrogens with two attached hydrogens (primary N) is 1. The van der Waals surface area contributed by atoms with Gasteiger partial charge in [0, 0.05) is 5.39 Å². The van der Waals surface area contributed by atoms with Gasteiger partial charge in [0.05, 0.1) is 43.6 Å². The molecule has 0 fully saturated rings. The van der Waals surface area contributed by atoms with Crippen LogP contribution in [0.4, 0.5) is 39.8 Å². The van der Waals surface area contributed by atoms with Gasteiger partial charge in [0.1, 0.15) is 37.4 Å². The molecule has 0 aliphatic rings. The largest absolute Gasteiger partial charge is 1.00 e. The van der Waals surface area contributed by atoms with Gasteiger partial charge >= 0.3 is 59.1 Å². The monoisotopic (exact) mass is 817 g/mol. The zero-order chi connectivity index (χ0) is 38.9. The maximum atomic E-state index is 12.4. The molecular weight excluding hydrogens is 793 g/mol. The second kappa shape index (κ2) is 17.7. The average molecular weight is 818 g/mol. The molecule has 7 aromatic rings. The Hall–Kier alpha value is -4.92. The van der Waals surface area contributed by atoms with Gasteiger partial charge in [-0.3, -0.25) is 0 Å². The molecule has 0 radical (unpaired) electrons. The molecule has 15 nitrogen and oxygen atoms in total. The minimum Gasteiger partial charge on any atom is -0.744 e. The fourth-order valence-corrected chi connectivity index (χ4v) is 6.98. The van der Waals surface area contributed by atoms with Crippen molar-refractivity contribution in [2.75, 3.05) is 5.73 Å². The van der Waals surface area contributed by atoms with Gasteiger partial charge in [-0.15, -0.1) is 15.3 Å². The van der Waals surface area contributed by atoms with E-state index < -0.39 is 52.8 Å². The van der Waals surface area contributed by atoms with Crippen LogP contribution in [-0.2, 0) is 20.2 Å². The third-order valence-corrected chi connectivity index (χ3v) is 10.0. The maximum Gasteiger partial charge on any atom is 1.00 e. The van der Waals surface area contributed by atoms with E-state index in [1.54, 1.807) is 72.8 Å². The van der Waals surface area contributed by atoms with Crippen molar-refractivity contribution in [1.82, 2.24) is 0 Å². The van der Waals surface area contributed by atoms with Crippen molar-refractivity contribution in [2.45, 2.75) is 9.79 Å². The normalized spacial score (nSPS) is 12.0. The zero-order valence-corrected chi connectivity index (χ0v) is 35.7. The van der Waals surface area contributed by atoms with Gasteiger partial charge in [-0.2, -0.15) is 15.3 Å². The van der Waals surface area contributed by atoms with E-state index in [1.807, 2.05) is 30.3 Å². The molecule has 0 atom stereocenters. The maximum absolute atomic E-state index is 12.4. The average Bonchev–Trinajstić information content (AvgIpc) is 3.16. The van der Waals surface area contributed by atoms with Crippen LogP contribution < -0.4 is 64.8 Å². The van der Waals surface area contributed by atoms with Crippen molar-refractivity contribution < 1.29 is 95.3 Å². The van der Waals surface area contributed by atoms with Crippen LogP contribution in [0.15, 0.2) is 168 Å². The summed E-state index contributed by atoms with van der Waals surface area (Å²) >= 11 is 0. The number of hydrogen-bond donors (Lipinski definition) is 3. The molecule has 0 aromatic heterocycles. The van der Waals surface area contributed by atoms with Crippen LogP contribution in [0.2, 0.25) is 0 Å². The molecule has 7 aromatic carbocycles. The van der Waals surface area contributed by atoms with Gasteiger partial charge < -0.3 is 25.1 Å². The number of nitrogens with zero attached hydrogens (tertiary/aromatic N) is 6. The molecular formula is C38H25N7Na2O8S2. The molecule has 0 spiro atoms. The number of benzene rings is 7. The molecule has 0 aliphatic carbocycles. The summed E-state index contributed by atoms with van der Waals surface area (Å²) in [5.41, 5.74) is 7.69. The van der Waals surface area contributed by atoms with Crippen molar-refractivity contribution >= 4 is 81.6 Å². The molecule has 0 aliphatic heterocycles. The molecule has 0 saturated heterocycles. The summed E-state index contributed by atoms with van der Waals surface area (Å²) in [6, 6.07) is 33.8. The fraction of sp³-hybridized carbons (Fsp3) is 0. The number of nitrogen functional groups attached to an aromatic ring is 1. The Morgan fingerprint density at radius 1 is 0.509 bits per heavy atom. The Morgan fingerprint density at radius 2 is 0.965 bits per heavy atom. The smallest absolute Gasteiger partial charge is 0.744 e. The summed E-state index contributed by atoms with van der Waals surface area (Å²) in [5.74, 6) is -0.797. The number of phenolic OH excluding ortho intramolecular Hbond substituents is 2. The van der Waals surface area contributed by atoms with Crippen molar-refractivity contribution in [2.24, 2.45) is 30.7 Å². The fourth-order valence-electron chi connectivity index (χ4n) is 5.68. The topological polar surface area (TPSA) is 255 Å². The van der Waals surface area contributed by atoms with Crippen molar-refractivity contribution in [3.63, 3.8) is 0 Å². The molecule has 0 bridgehead atoms.